The molecule has 0 radical (unpaired) electrons. The zero-order chi connectivity index (χ0) is 16.4. The molecule has 2 heterocycles. The van der Waals surface area contributed by atoms with Crippen LogP contribution in [0.25, 0.3) is 11.0 Å². The number of benzene rings is 1. The molecule has 0 aliphatic heterocycles. The molecule has 0 bridgehead atoms. The van der Waals surface area contributed by atoms with Crippen molar-refractivity contribution in [3.05, 3.63) is 54.6 Å². The summed E-state index contributed by atoms with van der Waals surface area (Å²) in [6.45, 7) is 2.69. The molecule has 0 spiro atoms. The normalized spacial score (nSPS) is 11.7. The first-order chi connectivity index (χ1) is 11.0. The number of aromatic nitrogens is 2. The molecular weight excluding hydrogens is 317 g/mol. The lowest BCUT2D eigenvalue weighted by molar-refractivity contribution is 0.600. The van der Waals surface area contributed by atoms with Crippen molar-refractivity contribution in [3.63, 3.8) is 0 Å². The molecule has 0 fully saturated rings. The fraction of sp³-hybridized carbons (Fsp3) is 0.188. The van der Waals surface area contributed by atoms with Gasteiger partial charge in [-0.3, -0.25) is 4.72 Å². The van der Waals surface area contributed by atoms with Gasteiger partial charge in [0.15, 0.2) is 0 Å². The van der Waals surface area contributed by atoms with E-state index in [9.17, 15) is 12.8 Å². The Balaban J connectivity index is 2.06. The van der Waals surface area contributed by atoms with Crippen LogP contribution in [0.2, 0.25) is 0 Å². The number of fused-ring (bicyclic) bond motifs is 1. The van der Waals surface area contributed by atoms with Crippen LogP contribution in [0.4, 0.5) is 10.1 Å². The van der Waals surface area contributed by atoms with Crippen LogP contribution in [0.1, 0.15) is 13.3 Å². The van der Waals surface area contributed by atoms with Crippen molar-refractivity contribution >= 4 is 26.7 Å². The van der Waals surface area contributed by atoms with Crippen molar-refractivity contribution in [2.45, 2.75) is 24.8 Å². The van der Waals surface area contributed by atoms with Gasteiger partial charge in [-0.05, 0) is 42.8 Å². The van der Waals surface area contributed by atoms with Gasteiger partial charge in [0.25, 0.3) is 10.0 Å². The minimum atomic E-state index is -3.78. The average molecular weight is 333 g/mol. The molecule has 120 valence electrons. The number of halogens is 1. The topological polar surface area (TPSA) is 64.0 Å². The first kappa shape index (κ1) is 15.5. The van der Waals surface area contributed by atoms with Gasteiger partial charge in [0.1, 0.15) is 16.4 Å². The second-order valence-corrected chi connectivity index (χ2v) is 6.82. The summed E-state index contributed by atoms with van der Waals surface area (Å²) in [5, 5.41) is 0.565. The maximum absolute atomic E-state index is 13.0. The van der Waals surface area contributed by atoms with Crippen molar-refractivity contribution in [2.75, 3.05) is 4.72 Å². The molecule has 3 rings (SSSR count). The SMILES string of the molecule is CCCn1cc(S(=O)(=O)Nc2ccc(F)cc2)c2cccnc21. The monoisotopic (exact) mass is 333 g/mol. The number of rotatable bonds is 5. The smallest absolute Gasteiger partial charge is 0.264 e. The average Bonchev–Trinajstić information content (AvgIpc) is 2.90. The maximum Gasteiger partial charge on any atom is 0.264 e. The summed E-state index contributed by atoms with van der Waals surface area (Å²) in [6, 6.07) is 8.62. The lowest BCUT2D eigenvalue weighted by atomic mass is 10.3. The molecule has 5 nitrogen and oxygen atoms in total. The van der Waals surface area contributed by atoms with Gasteiger partial charge in [0.05, 0.1) is 0 Å². The second-order valence-electron chi connectivity index (χ2n) is 5.17. The van der Waals surface area contributed by atoms with Crippen molar-refractivity contribution in [1.29, 1.82) is 0 Å². The van der Waals surface area contributed by atoms with Gasteiger partial charge in [-0.2, -0.15) is 0 Å². The van der Waals surface area contributed by atoms with E-state index < -0.39 is 15.8 Å². The van der Waals surface area contributed by atoms with Crippen molar-refractivity contribution in [2.24, 2.45) is 0 Å². The summed E-state index contributed by atoms with van der Waals surface area (Å²) in [7, 11) is -3.78. The Hall–Kier alpha value is -2.41. The quantitative estimate of drug-likeness (QED) is 0.778. The largest absolute Gasteiger partial charge is 0.331 e. The first-order valence-corrected chi connectivity index (χ1v) is 8.72. The van der Waals surface area contributed by atoms with E-state index >= 15 is 0 Å². The molecular formula is C16H16FN3O2S. The molecule has 0 aliphatic rings. The Bertz CT molecular complexity index is 934. The van der Waals surface area contributed by atoms with Crippen LogP contribution >= 0.6 is 0 Å². The Labute approximate surface area is 133 Å². The molecule has 1 N–H and O–H groups in total. The lowest BCUT2D eigenvalue weighted by Crippen LogP contribution is -2.12. The molecule has 0 unspecified atom stereocenters. The van der Waals surface area contributed by atoms with Crippen LogP contribution in [0.3, 0.4) is 0 Å². The minimum absolute atomic E-state index is 0.165. The van der Waals surface area contributed by atoms with E-state index in [0.717, 1.165) is 6.42 Å². The number of nitrogens with one attached hydrogen (secondary N) is 1. The first-order valence-electron chi connectivity index (χ1n) is 7.23. The van der Waals surface area contributed by atoms with Crippen LogP contribution in [-0.4, -0.2) is 18.0 Å². The van der Waals surface area contributed by atoms with E-state index in [1.165, 1.54) is 24.3 Å². The number of hydrogen-bond acceptors (Lipinski definition) is 3. The molecule has 0 aliphatic carbocycles. The van der Waals surface area contributed by atoms with E-state index in [0.29, 0.717) is 23.3 Å². The van der Waals surface area contributed by atoms with Gasteiger partial charge in [-0.25, -0.2) is 17.8 Å². The Morgan fingerprint density at radius 3 is 2.65 bits per heavy atom. The van der Waals surface area contributed by atoms with Crippen LogP contribution < -0.4 is 4.72 Å². The zero-order valence-corrected chi connectivity index (χ0v) is 13.3. The third-order valence-corrected chi connectivity index (χ3v) is 4.86. The fourth-order valence-corrected chi connectivity index (χ4v) is 3.72. The molecule has 7 heteroatoms. The van der Waals surface area contributed by atoms with E-state index in [4.69, 9.17) is 0 Å². The number of sulfonamides is 1. The number of aryl methyl sites for hydroxylation is 1. The van der Waals surface area contributed by atoms with Gasteiger partial charge in [-0.15, -0.1) is 0 Å². The predicted octanol–water partition coefficient (Wildman–Crippen LogP) is 3.39. The molecule has 0 saturated heterocycles. The Morgan fingerprint density at radius 2 is 1.96 bits per heavy atom. The van der Waals surface area contributed by atoms with Gasteiger partial charge in [-0.1, -0.05) is 6.92 Å². The van der Waals surface area contributed by atoms with Crippen LogP contribution in [0.15, 0.2) is 53.7 Å². The van der Waals surface area contributed by atoms with E-state index in [2.05, 4.69) is 9.71 Å². The number of nitrogens with zero attached hydrogens (tertiary/aromatic N) is 2. The highest BCUT2D eigenvalue weighted by Crippen LogP contribution is 2.26. The molecule has 0 amide bonds. The van der Waals surface area contributed by atoms with E-state index in [-0.39, 0.29) is 4.90 Å². The zero-order valence-electron chi connectivity index (χ0n) is 12.5. The van der Waals surface area contributed by atoms with Gasteiger partial charge in [0.2, 0.25) is 0 Å². The number of anilines is 1. The molecule has 0 atom stereocenters. The minimum Gasteiger partial charge on any atom is -0.331 e. The van der Waals surface area contributed by atoms with Crippen molar-refractivity contribution < 1.29 is 12.8 Å². The molecule has 0 saturated carbocycles. The van der Waals surface area contributed by atoms with E-state index in [1.54, 1.807) is 24.5 Å². The summed E-state index contributed by atoms with van der Waals surface area (Å²) in [6.07, 6.45) is 4.09. The molecule has 23 heavy (non-hydrogen) atoms. The Kier molecular flexibility index (Phi) is 4.04. The van der Waals surface area contributed by atoms with Gasteiger partial charge < -0.3 is 4.57 Å². The number of hydrogen-bond donors (Lipinski definition) is 1. The standard InChI is InChI=1S/C16H16FN3O2S/c1-2-10-20-11-15(14-4-3-9-18-16(14)20)23(21,22)19-13-7-5-12(17)6-8-13/h3-9,11,19H,2,10H2,1H3. The highest BCUT2D eigenvalue weighted by molar-refractivity contribution is 7.93. The van der Waals surface area contributed by atoms with Crippen molar-refractivity contribution in [1.82, 2.24) is 9.55 Å². The predicted molar refractivity (Wildman–Crippen MR) is 87.2 cm³/mol. The fourth-order valence-electron chi connectivity index (χ4n) is 2.44. The third kappa shape index (κ3) is 3.05. The summed E-state index contributed by atoms with van der Waals surface area (Å²) in [5.74, 6) is -0.420. The highest BCUT2D eigenvalue weighted by Gasteiger charge is 2.21. The van der Waals surface area contributed by atoms with E-state index in [1.807, 2.05) is 11.5 Å². The second kappa shape index (κ2) is 6.00. The highest BCUT2D eigenvalue weighted by atomic mass is 32.2. The summed E-state index contributed by atoms with van der Waals surface area (Å²) < 4.78 is 42.6. The van der Waals surface area contributed by atoms with Crippen LogP contribution in [0, 0.1) is 5.82 Å². The van der Waals surface area contributed by atoms with Gasteiger partial charge in [0, 0.05) is 30.0 Å². The lowest BCUT2D eigenvalue weighted by Gasteiger charge is -2.06. The molecule has 1 aromatic carbocycles. The summed E-state index contributed by atoms with van der Waals surface area (Å²) in [4.78, 5) is 4.44. The van der Waals surface area contributed by atoms with Crippen LogP contribution in [0.5, 0.6) is 0 Å². The Morgan fingerprint density at radius 1 is 1.22 bits per heavy atom. The maximum atomic E-state index is 13.0. The number of pyridine rings is 1. The van der Waals surface area contributed by atoms with Gasteiger partial charge >= 0.3 is 0 Å². The third-order valence-electron chi connectivity index (χ3n) is 3.45. The molecule has 2 aromatic heterocycles. The van der Waals surface area contributed by atoms with Crippen molar-refractivity contribution in [3.8, 4) is 0 Å². The van der Waals surface area contributed by atoms with Crippen LogP contribution in [-0.2, 0) is 16.6 Å². The molecule has 3 aromatic rings. The summed E-state index contributed by atoms with van der Waals surface area (Å²) >= 11 is 0. The summed E-state index contributed by atoms with van der Waals surface area (Å²) in [5.41, 5.74) is 0.945.